The van der Waals surface area contributed by atoms with Crippen LogP contribution in [0, 0.1) is 6.20 Å². The molecule has 3 nitrogen and oxygen atoms in total. The minimum atomic E-state index is 0.837. The SMILES string of the molecule is COc1ccc(-c2cc[c]nn2)cc1. The Morgan fingerprint density at radius 3 is 2.50 bits per heavy atom. The highest BCUT2D eigenvalue weighted by molar-refractivity contribution is 5.59. The fourth-order valence-corrected chi connectivity index (χ4v) is 1.18. The van der Waals surface area contributed by atoms with Crippen LogP contribution in [0.1, 0.15) is 0 Å². The van der Waals surface area contributed by atoms with Crippen LogP contribution in [-0.4, -0.2) is 17.3 Å². The van der Waals surface area contributed by atoms with Gasteiger partial charge in [-0.2, -0.15) is 0 Å². The standard InChI is InChI=1S/C11H9N2O/c1-14-10-6-4-9(5-7-10)11-3-2-8-12-13-11/h2-7H,1H3. The molecule has 0 aliphatic rings. The zero-order chi connectivity index (χ0) is 9.80. The number of nitrogens with zero attached hydrogens (tertiary/aromatic N) is 2. The monoisotopic (exact) mass is 185 g/mol. The smallest absolute Gasteiger partial charge is 0.118 e. The molecule has 0 bridgehead atoms. The molecule has 2 aromatic rings. The second-order valence-electron chi connectivity index (χ2n) is 2.78. The van der Waals surface area contributed by atoms with Crippen molar-refractivity contribution in [1.29, 1.82) is 0 Å². The molecule has 0 spiro atoms. The number of benzene rings is 1. The van der Waals surface area contributed by atoms with Gasteiger partial charge < -0.3 is 4.74 Å². The molecule has 1 heterocycles. The van der Waals surface area contributed by atoms with Crippen LogP contribution in [0.15, 0.2) is 36.4 Å². The summed E-state index contributed by atoms with van der Waals surface area (Å²) >= 11 is 0. The topological polar surface area (TPSA) is 35.0 Å². The van der Waals surface area contributed by atoms with E-state index in [-0.39, 0.29) is 0 Å². The first-order chi connectivity index (χ1) is 6.90. The first-order valence-corrected chi connectivity index (χ1v) is 4.24. The average molecular weight is 185 g/mol. The second-order valence-corrected chi connectivity index (χ2v) is 2.78. The van der Waals surface area contributed by atoms with Gasteiger partial charge in [0.1, 0.15) is 11.9 Å². The highest BCUT2D eigenvalue weighted by Gasteiger charge is 1.98. The molecule has 1 radical (unpaired) electrons. The van der Waals surface area contributed by atoms with Gasteiger partial charge in [-0.25, -0.2) is 0 Å². The Balaban J connectivity index is 2.34. The first-order valence-electron chi connectivity index (χ1n) is 4.24. The lowest BCUT2D eigenvalue weighted by molar-refractivity contribution is 0.415. The van der Waals surface area contributed by atoms with Crippen molar-refractivity contribution in [2.24, 2.45) is 0 Å². The molecule has 0 N–H and O–H groups in total. The first kappa shape index (κ1) is 8.69. The van der Waals surface area contributed by atoms with Crippen LogP contribution in [-0.2, 0) is 0 Å². The van der Waals surface area contributed by atoms with Crippen molar-refractivity contribution in [3.63, 3.8) is 0 Å². The van der Waals surface area contributed by atoms with Crippen molar-refractivity contribution in [2.75, 3.05) is 7.11 Å². The van der Waals surface area contributed by atoms with E-state index < -0.39 is 0 Å². The van der Waals surface area contributed by atoms with E-state index in [1.807, 2.05) is 30.3 Å². The third kappa shape index (κ3) is 1.71. The van der Waals surface area contributed by atoms with Crippen molar-refractivity contribution >= 4 is 0 Å². The molecule has 0 unspecified atom stereocenters. The molecule has 0 atom stereocenters. The molecule has 0 aliphatic heterocycles. The lowest BCUT2D eigenvalue weighted by Gasteiger charge is -2.01. The average Bonchev–Trinajstić information content (AvgIpc) is 2.30. The van der Waals surface area contributed by atoms with E-state index in [2.05, 4.69) is 16.4 Å². The highest BCUT2D eigenvalue weighted by atomic mass is 16.5. The number of rotatable bonds is 2. The van der Waals surface area contributed by atoms with E-state index in [4.69, 9.17) is 4.74 Å². The van der Waals surface area contributed by atoms with Crippen molar-refractivity contribution in [1.82, 2.24) is 10.2 Å². The van der Waals surface area contributed by atoms with Crippen LogP contribution < -0.4 is 4.74 Å². The van der Waals surface area contributed by atoms with Crippen LogP contribution >= 0.6 is 0 Å². The minimum absolute atomic E-state index is 0.837. The zero-order valence-electron chi connectivity index (χ0n) is 7.77. The molecule has 1 aromatic carbocycles. The molecule has 0 amide bonds. The van der Waals surface area contributed by atoms with Crippen LogP contribution in [0.3, 0.4) is 0 Å². The molecule has 0 saturated carbocycles. The Labute approximate surface area is 82.4 Å². The Morgan fingerprint density at radius 1 is 1.14 bits per heavy atom. The summed E-state index contributed by atoms with van der Waals surface area (Å²) in [5.41, 5.74) is 1.86. The van der Waals surface area contributed by atoms with Crippen molar-refractivity contribution in [3.8, 4) is 17.0 Å². The van der Waals surface area contributed by atoms with Gasteiger partial charge >= 0.3 is 0 Å². The van der Waals surface area contributed by atoms with Gasteiger partial charge in [0.2, 0.25) is 0 Å². The zero-order valence-corrected chi connectivity index (χ0v) is 7.77. The molecule has 0 aliphatic carbocycles. The van der Waals surface area contributed by atoms with Crippen molar-refractivity contribution in [2.45, 2.75) is 0 Å². The summed E-state index contributed by atoms with van der Waals surface area (Å²) < 4.78 is 5.06. The van der Waals surface area contributed by atoms with E-state index >= 15 is 0 Å². The van der Waals surface area contributed by atoms with Gasteiger partial charge in [0.15, 0.2) is 0 Å². The fourth-order valence-electron chi connectivity index (χ4n) is 1.18. The molecular formula is C11H9N2O. The molecule has 3 heteroatoms. The van der Waals surface area contributed by atoms with Crippen LogP contribution in [0.5, 0.6) is 5.75 Å². The van der Waals surface area contributed by atoms with Gasteiger partial charge in [-0.05, 0) is 36.4 Å². The largest absolute Gasteiger partial charge is 0.497 e. The summed E-state index contributed by atoms with van der Waals surface area (Å²) in [6.07, 6.45) is 2.64. The third-order valence-electron chi connectivity index (χ3n) is 1.92. The van der Waals surface area contributed by atoms with Gasteiger partial charge in [-0.1, -0.05) is 0 Å². The van der Waals surface area contributed by atoms with Gasteiger partial charge in [0.05, 0.1) is 12.8 Å². The number of hydrogen-bond acceptors (Lipinski definition) is 3. The molecule has 0 fully saturated rings. The van der Waals surface area contributed by atoms with Crippen LogP contribution in [0.25, 0.3) is 11.3 Å². The molecular weight excluding hydrogens is 176 g/mol. The van der Waals surface area contributed by atoms with Gasteiger partial charge in [0, 0.05) is 5.56 Å². The van der Waals surface area contributed by atoms with E-state index in [9.17, 15) is 0 Å². The predicted molar refractivity (Wildman–Crippen MR) is 52.9 cm³/mol. The van der Waals surface area contributed by atoms with Crippen molar-refractivity contribution < 1.29 is 4.74 Å². The molecule has 2 rings (SSSR count). The third-order valence-corrected chi connectivity index (χ3v) is 1.92. The lowest BCUT2D eigenvalue weighted by atomic mass is 10.1. The Morgan fingerprint density at radius 2 is 1.93 bits per heavy atom. The van der Waals surface area contributed by atoms with Gasteiger partial charge in [-0.15, -0.1) is 10.2 Å². The maximum atomic E-state index is 5.06. The number of aromatic nitrogens is 2. The summed E-state index contributed by atoms with van der Waals surface area (Å²) in [5, 5.41) is 7.66. The highest BCUT2D eigenvalue weighted by Crippen LogP contribution is 2.19. The summed E-state index contributed by atoms with van der Waals surface area (Å²) in [4.78, 5) is 0. The van der Waals surface area contributed by atoms with E-state index in [1.54, 1.807) is 13.2 Å². The number of ether oxygens (including phenoxy) is 1. The van der Waals surface area contributed by atoms with Crippen LogP contribution in [0.4, 0.5) is 0 Å². The molecule has 1 aromatic heterocycles. The molecule has 69 valence electrons. The van der Waals surface area contributed by atoms with E-state index in [0.29, 0.717) is 0 Å². The minimum Gasteiger partial charge on any atom is -0.497 e. The summed E-state index contributed by atoms with van der Waals surface area (Å²) in [7, 11) is 1.65. The Hall–Kier alpha value is -1.90. The number of methoxy groups -OCH3 is 1. The summed E-state index contributed by atoms with van der Waals surface area (Å²) in [6.45, 7) is 0. The van der Waals surface area contributed by atoms with Gasteiger partial charge in [0.25, 0.3) is 0 Å². The van der Waals surface area contributed by atoms with E-state index in [1.165, 1.54) is 0 Å². The lowest BCUT2D eigenvalue weighted by Crippen LogP contribution is -1.86. The quantitative estimate of drug-likeness (QED) is 0.717. The Bertz CT molecular complexity index is 397. The summed E-state index contributed by atoms with van der Waals surface area (Å²) in [6, 6.07) is 11.3. The second kappa shape index (κ2) is 3.87. The van der Waals surface area contributed by atoms with Crippen LogP contribution in [0.2, 0.25) is 0 Å². The number of hydrogen-bond donors (Lipinski definition) is 0. The van der Waals surface area contributed by atoms with Gasteiger partial charge in [-0.3, -0.25) is 0 Å². The maximum Gasteiger partial charge on any atom is 0.118 e. The van der Waals surface area contributed by atoms with E-state index in [0.717, 1.165) is 17.0 Å². The predicted octanol–water partition coefficient (Wildman–Crippen LogP) is 1.95. The van der Waals surface area contributed by atoms with Crippen molar-refractivity contribution in [3.05, 3.63) is 42.6 Å². The molecule has 14 heavy (non-hydrogen) atoms. The Kier molecular flexibility index (Phi) is 2.40. The maximum absolute atomic E-state index is 5.06. The summed E-state index contributed by atoms with van der Waals surface area (Å²) in [5.74, 6) is 0.837. The normalized spacial score (nSPS) is 9.79. The fraction of sp³-hybridized carbons (Fsp3) is 0.0909. The molecule has 0 saturated heterocycles.